The third-order valence-corrected chi connectivity index (χ3v) is 3.01. The van der Waals surface area contributed by atoms with Gasteiger partial charge in [0.1, 0.15) is 0 Å². The predicted octanol–water partition coefficient (Wildman–Crippen LogP) is 3.17. The highest BCUT2D eigenvalue weighted by Crippen LogP contribution is 2.26. The van der Waals surface area contributed by atoms with Gasteiger partial charge in [0.05, 0.1) is 0 Å². The lowest BCUT2D eigenvalue weighted by Gasteiger charge is -2.28. The van der Waals surface area contributed by atoms with E-state index in [1.165, 1.54) is 0 Å². The molecule has 1 aromatic carbocycles. The summed E-state index contributed by atoms with van der Waals surface area (Å²) in [6.45, 7) is 2.82. The molecule has 1 saturated heterocycles. The van der Waals surface area contributed by atoms with Crippen molar-refractivity contribution in [3.05, 3.63) is 28.8 Å². The van der Waals surface area contributed by atoms with Crippen LogP contribution in [0.1, 0.15) is 24.8 Å². The van der Waals surface area contributed by atoms with Crippen molar-refractivity contribution >= 4 is 23.2 Å². The van der Waals surface area contributed by atoms with Gasteiger partial charge in [0.2, 0.25) is 5.91 Å². The van der Waals surface area contributed by atoms with Crippen molar-refractivity contribution in [1.29, 1.82) is 0 Å². The molecular formula is C12H14ClNO. The largest absolute Gasteiger partial charge is 0.312 e. The number of rotatable bonds is 1. The maximum Gasteiger partial charge on any atom is 0.226 e. The number of aryl methyl sites for hydroxylation is 1. The standard InChI is InChI=1S/C12H14ClNO/c1-9-8-10(13)5-6-11(9)14-7-3-2-4-12(14)15/h5-6,8H,2-4,7H2,1H3. The molecule has 0 spiro atoms. The van der Waals surface area contributed by atoms with E-state index in [4.69, 9.17) is 11.6 Å². The molecular weight excluding hydrogens is 210 g/mol. The second kappa shape index (κ2) is 4.23. The summed E-state index contributed by atoms with van der Waals surface area (Å²) in [4.78, 5) is 13.6. The molecule has 3 heteroatoms. The molecule has 80 valence electrons. The topological polar surface area (TPSA) is 20.3 Å². The van der Waals surface area contributed by atoms with E-state index in [2.05, 4.69) is 0 Å². The summed E-state index contributed by atoms with van der Waals surface area (Å²) < 4.78 is 0. The van der Waals surface area contributed by atoms with E-state index < -0.39 is 0 Å². The molecule has 15 heavy (non-hydrogen) atoms. The molecule has 0 atom stereocenters. The monoisotopic (exact) mass is 223 g/mol. The Bertz CT molecular complexity index is 389. The highest BCUT2D eigenvalue weighted by Gasteiger charge is 2.20. The van der Waals surface area contributed by atoms with E-state index in [0.717, 1.165) is 35.7 Å². The van der Waals surface area contributed by atoms with Crippen LogP contribution in [0.15, 0.2) is 18.2 Å². The van der Waals surface area contributed by atoms with E-state index >= 15 is 0 Å². The van der Waals surface area contributed by atoms with Crippen molar-refractivity contribution in [2.24, 2.45) is 0 Å². The first-order chi connectivity index (χ1) is 7.18. The van der Waals surface area contributed by atoms with Crippen LogP contribution in [0.25, 0.3) is 0 Å². The number of halogens is 1. The van der Waals surface area contributed by atoms with Gasteiger partial charge in [-0.05, 0) is 43.5 Å². The molecule has 1 aliphatic rings. The molecule has 1 heterocycles. The first-order valence-corrected chi connectivity index (χ1v) is 5.63. The van der Waals surface area contributed by atoms with Crippen molar-refractivity contribution in [3.8, 4) is 0 Å². The first kappa shape index (κ1) is 10.5. The lowest BCUT2D eigenvalue weighted by Crippen LogP contribution is -2.35. The quantitative estimate of drug-likeness (QED) is 0.716. The van der Waals surface area contributed by atoms with Crippen LogP contribution in [-0.4, -0.2) is 12.5 Å². The highest BCUT2D eigenvalue weighted by atomic mass is 35.5. The molecule has 0 bridgehead atoms. The Kier molecular flexibility index (Phi) is 2.96. The Morgan fingerprint density at radius 1 is 1.33 bits per heavy atom. The average Bonchev–Trinajstić information content (AvgIpc) is 2.20. The molecule has 2 rings (SSSR count). The number of piperidine rings is 1. The molecule has 0 saturated carbocycles. The lowest BCUT2D eigenvalue weighted by molar-refractivity contribution is -0.119. The van der Waals surface area contributed by atoms with Crippen molar-refractivity contribution in [3.63, 3.8) is 0 Å². The number of amides is 1. The fraction of sp³-hybridized carbons (Fsp3) is 0.417. The van der Waals surface area contributed by atoms with Gasteiger partial charge in [0, 0.05) is 23.7 Å². The second-order valence-electron chi connectivity index (χ2n) is 3.93. The van der Waals surface area contributed by atoms with Crippen molar-refractivity contribution in [1.82, 2.24) is 0 Å². The Morgan fingerprint density at radius 3 is 2.80 bits per heavy atom. The van der Waals surface area contributed by atoms with Crippen molar-refractivity contribution < 1.29 is 4.79 Å². The Balaban J connectivity index is 2.31. The van der Waals surface area contributed by atoms with Gasteiger partial charge in [0.25, 0.3) is 0 Å². The van der Waals surface area contributed by atoms with E-state index in [1.807, 2.05) is 30.0 Å². The number of carbonyl (C=O) groups excluding carboxylic acids is 1. The van der Waals surface area contributed by atoms with Crippen LogP contribution in [0.2, 0.25) is 5.02 Å². The van der Waals surface area contributed by atoms with E-state index in [0.29, 0.717) is 6.42 Å². The molecule has 1 amide bonds. The lowest BCUT2D eigenvalue weighted by atomic mass is 10.1. The normalized spacial score (nSPS) is 16.9. The number of nitrogens with zero attached hydrogens (tertiary/aromatic N) is 1. The van der Waals surface area contributed by atoms with Crippen molar-refractivity contribution in [2.45, 2.75) is 26.2 Å². The van der Waals surface area contributed by atoms with Gasteiger partial charge in [-0.25, -0.2) is 0 Å². The number of hydrogen-bond acceptors (Lipinski definition) is 1. The predicted molar refractivity (Wildman–Crippen MR) is 62.4 cm³/mol. The van der Waals surface area contributed by atoms with E-state index in [-0.39, 0.29) is 5.91 Å². The molecule has 1 fully saturated rings. The van der Waals surface area contributed by atoms with Crippen LogP contribution >= 0.6 is 11.6 Å². The van der Waals surface area contributed by atoms with Crippen LogP contribution in [0.3, 0.4) is 0 Å². The second-order valence-corrected chi connectivity index (χ2v) is 4.37. The summed E-state index contributed by atoms with van der Waals surface area (Å²) in [5.41, 5.74) is 2.07. The van der Waals surface area contributed by atoms with Crippen LogP contribution in [0.4, 0.5) is 5.69 Å². The Labute approximate surface area is 94.8 Å². The average molecular weight is 224 g/mol. The maximum atomic E-state index is 11.7. The third-order valence-electron chi connectivity index (χ3n) is 2.77. The molecule has 1 aromatic rings. The van der Waals surface area contributed by atoms with Gasteiger partial charge in [-0.3, -0.25) is 4.79 Å². The smallest absolute Gasteiger partial charge is 0.226 e. The van der Waals surface area contributed by atoms with Gasteiger partial charge >= 0.3 is 0 Å². The number of anilines is 1. The van der Waals surface area contributed by atoms with E-state index in [9.17, 15) is 4.79 Å². The summed E-state index contributed by atoms with van der Waals surface area (Å²) in [5, 5.41) is 0.723. The zero-order valence-corrected chi connectivity index (χ0v) is 9.55. The zero-order chi connectivity index (χ0) is 10.8. The molecule has 2 nitrogen and oxygen atoms in total. The number of hydrogen-bond donors (Lipinski definition) is 0. The van der Waals surface area contributed by atoms with Gasteiger partial charge < -0.3 is 4.90 Å². The number of carbonyl (C=O) groups is 1. The number of benzene rings is 1. The van der Waals surface area contributed by atoms with E-state index in [1.54, 1.807) is 0 Å². The molecule has 1 aliphatic heterocycles. The molecule has 0 N–H and O–H groups in total. The van der Waals surface area contributed by atoms with Crippen LogP contribution in [-0.2, 0) is 4.79 Å². The van der Waals surface area contributed by atoms with Crippen LogP contribution in [0, 0.1) is 6.92 Å². The summed E-state index contributed by atoms with van der Waals surface area (Å²) in [6.07, 6.45) is 2.78. The Morgan fingerprint density at radius 2 is 2.13 bits per heavy atom. The minimum absolute atomic E-state index is 0.228. The summed E-state index contributed by atoms with van der Waals surface area (Å²) >= 11 is 5.89. The minimum atomic E-state index is 0.228. The van der Waals surface area contributed by atoms with Gasteiger partial charge in [-0.1, -0.05) is 11.6 Å². The van der Waals surface area contributed by atoms with Gasteiger partial charge in [-0.2, -0.15) is 0 Å². The van der Waals surface area contributed by atoms with Gasteiger partial charge in [-0.15, -0.1) is 0 Å². The van der Waals surface area contributed by atoms with Gasteiger partial charge in [0.15, 0.2) is 0 Å². The minimum Gasteiger partial charge on any atom is -0.312 e. The molecule has 0 radical (unpaired) electrons. The summed E-state index contributed by atoms with van der Waals surface area (Å²) in [6, 6.07) is 5.67. The summed E-state index contributed by atoms with van der Waals surface area (Å²) in [5.74, 6) is 0.228. The molecule has 0 aliphatic carbocycles. The molecule has 0 unspecified atom stereocenters. The van der Waals surface area contributed by atoms with Crippen molar-refractivity contribution in [2.75, 3.05) is 11.4 Å². The SMILES string of the molecule is Cc1cc(Cl)ccc1N1CCCCC1=O. The highest BCUT2D eigenvalue weighted by molar-refractivity contribution is 6.30. The zero-order valence-electron chi connectivity index (χ0n) is 8.79. The first-order valence-electron chi connectivity index (χ1n) is 5.25. The fourth-order valence-corrected chi connectivity index (χ4v) is 2.21. The third kappa shape index (κ3) is 2.15. The molecule has 0 aromatic heterocycles. The van der Waals surface area contributed by atoms with Crippen LogP contribution < -0.4 is 4.90 Å². The Hall–Kier alpha value is -1.02. The fourth-order valence-electron chi connectivity index (χ4n) is 1.98. The summed E-state index contributed by atoms with van der Waals surface area (Å²) in [7, 11) is 0. The maximum absolute atomic E-state index is 11.7. The van der Waals surface area contributed by atoms with Crippen LogP contribution in [0.5, 0.6) is 0 Å².